The van der Waals surface area contributed by atoms with Gasteiger partial charge in [-0.1, -0.05) is 146 Å². The van der Waals surface area contributed by atoms with Crippen molar-refractivity contribution in [2.24, 2.45) is 11.8 Å². The average Bonchev–Trinajstić information content (AvgIpc) is 3.30. The number of benzene rings is 6. The second-order valence-electron chi connectivity index (χ2n) is 14.8. The topological polar surface area (TPSA) is 168 Å². The van der Waals surface area contributed by atoms with E-state index in [9.17, 15) is 39.6 Å². The molecule has 10 nitrogen and oxygen atoms in total. The number of carbonyl (C=O) groups is 4. The second-order valence-corrected chi connectivity index (χ2v) is 14.8. The number of ether oxygens (including phenoxy) is 2. The molecule has 0 saturated carbocycles. The third kappa shape index (κ3) is 7.68. The summed E-state index contributed by atoms with van der Waals surface area (Å²) in [5, 5.41) is 39.4. The van der Waals surface area contributed by atoms with E-state index in [1.165, 1.54) is 36.4 Å². The summed E-state index contributed by atoms with van der Waals surface area (Å²) in [7, 11) is 0. The van der Waals surface area contributed by atoms with Gasteiger partial charge in [-0.2, -0.15) is 0 Å². The molecule has 8 rings (SSSR count). The predicted octanol–water partition coefficient (Wildman–Crippen LogP) is 10.3. The first kappa shape index (κ1) is 40.5. The maximum atomic E-state index is 12.3. The van der Waals surface area contributed by atoms with Gasteiger partial charge in [0, 0.05) is 34.1 Å². The van der Waals surface area contributed by atoms with E-state index in [1.54, 1.807) is 0 Å². The Labute approximate surface area is 356 Å². The highest BCUT2D eigenvalue weighted by Crippen LogP contribution is 2.50. The smallest absolute Gasteiger partial charge is 0.336 e. The van der Waals surface area contributed by atoms with E-state index in [4.69, 9.17) is 9.47 Å². The van der Waals surface area contributed by atoms with Crippen LogP contribution in [-0.2, 0) is 11.2 Å². The molecule has 0 amide bonds. The fourth-order valence-corrected chi connectivity index (χ4v) is 8.20. The molecule has 0 fully saturated rings. The Balaban J connectivity index is 1.29. The van der Waals surface area contributed by atoms with Gasteiger partial charge in [-0.25, -0.2) is 19.2 Å². The Kier molecular flexibility index (Phi) is 11.0. The lowest BCUT2D eigenvalue weighted by Crippen LogP contribution is -2.37. The number of carboxylic acid groups (broad SMARTS) is 4. The highest BCUT2D eigenvalue weighted by Gasteiger charge is 2.44. The molecule has 0 aliphatic heterocycles. The zero-order valence-corrected chi connectivity index (χ0v) is 32.9. The average molecular weight is 823 g/mol. The molecule has 4 N–H and O–H groups in total. The van der Waals surface area contributed by atoms with E-state index in [2.05, 4.69) is 12.2 Å². The molecular weight excluding hydrogens is 785 g/mol. The molecule has 0 aromatic heterocycles. The molecule has 0 heterocycles. The monoisotopic (exact) mass is 822 g/mol. The number of hydrogen-bond acceptors (Lipinski definition) is 6. The van der Waals surface area contributed by atoms with Crippen molar-refractivity contribution in [3.05, 3.63) is 239 Å². The van der Waals surface area contributed by atoms with E-state index in [0.29, 0.717) is 0 Å². The number of carboxylic acids is 4. The van der Waals surface area contributed by atoms with E-state index in [1.807, 2.05) is 146 Å². The van der Waals surface area contributed by atoms with Gasteiger partial charge < -0.3 is 29.9 Å². The summed E-state index contributed by atoms with van der Waals surface area (Å²) >= 11 is 0. The van der Waals surface area contributed by atoms with Crippen molar-refractivity contribution in [1.29, 1.82) is 0 Å². The van der Waals surface area contributed by atoms with Gasteiger partial charge in [0.2, 0.25) is 0 Å². The molecule has 4 atom stereocenters. The summed E-state index contributed by atoms with van der Waals surface area (Å²) in [5.74, 6) is -5.82. The molecule has 2 aliphatic rings. The van der Waals surface area contributed by atoms with E-state index in [-0.39, 0.29) is 34.5 Å². The molecule has 0 spiro atoms. The van der Waals surface area contributed by atoms with Gasteiger partial charge in [0.15, 0.2) is 11.2 Å². The minimum Gasteiger partial charge on any atom is -0.478 e. The molecule has 4 unspecified atom stereocenters. The lowest BCUT2D eigenvalue weighted by Gasteiger charge is -2.41. The van der Waals surface area contributed by atoms with Gasteiger partial charge in [-0.05, 0) is 59.7 Å². The fourth-order valence-electron chi connectivity index (χ4n) is 8.20. The Morgan fingerprint density at radius 2 is 0.726 bits per heavy atom. The molecule has 6 aromatic carbocycles. The zero-order chi connectivity index (χ0) is 43.4. The Hall–Kier alpha value is -8.24. The van der Waals surface area contributed by atoms with Crippen molar-refractivity contribution in [2.45, 2.75) is 11.2 Å². The molecule has 10 heteroatoms. The molecule has 6 aromatic rings. The molecule has 62 heavy (non-hydrogen) atoms. The number of aromatic carboxylic acids is 4. The summed E-state index contributed by atoms with van der Waals surface area (Å²) in [4.78, 5) is 48.4. The van der Waals surface area contributed by atoms with Crippen LogP contribution in [-0.4, -0.2) is 44.3 Å². The third-order valence-corrected chi connectivity index (χ3v) is 11.1. The van der Waals surface area contributed by atoms with Crippen molar-refractivity contribution in [2.75, 3.05) is 0 Å². The van der Waals surface area contributed by atoms with Crippen molar-refractivity contribution < 1.29 is 49.1 Å². The molecule has 0 bridgehead atoms. The minimum atomic E-state index is -1.40. The first-order valence-electron chi connectivity index (χ1n) is 19.6. The van der Waals surface area contributed by atoms with Crippen LogP contribution in [0.5, 0.6) is 11.5 Å². The lowest BCUT2D eigenvalue weighted by molar-refractivity contribution is 0.0650. The summed E-state index contributed by atoms with van der Waals surface area (Å²) in [6.07, 6.45) is 12.2. The van der Waals surface area contributed by atoms with Crippen molar-refractivity contribution in [3.63, 3.8) is 0 Å². The van der Waals surface area contributed by atoms with Crippen LogP contribution in [0.3, 0.4) is 0 Å². The maximum Gasteiger partial charge on any atom is 0.336 e. The van der Waals surface area contributed by atoms with Gasteiger partial charge in [-0.15, -0.1) is 0 Å². The van der Waals surface area contributed by atoms with Crippen LogP contribution in [0.1, 0.15) is 63.7 Å². The maximum absolute atomic E-state index is 12.3. The third-order valence-electron chi connectivity index (χ3n) is 11.1. The molecule has 0 radical (unpaired) electrons. The standard InChI is InChI=1S/C52H38O10/c53-47(54)41-23-21-39(31-43(41)49(57)58)61-51(37-17-9-3-10-18-37)27-25-35(29-45(51)33-13-5-1-6-14-33)36-26-28-52(38-19-11-4-12-20-38,46(30-36)34-15-7-2-8-16-34)62-40-22-24-42(48(55)56)44(32-40)50(59)60/h1-32,35-36H,(H,53,54)(H,55,56)(H,57,58)(H,59,60). The van der Waals surface area contributed by atoms with Crippen LogP contribution in [0.15, 0.2) is 194 Å². The normalized spacial score (nSPS) is 20.3. The molecular formula is C52H38O10. The van der Waals surface area contributed by atoms with Gasteiger partial charge in [0.1, 0.15) is 11.5 Å². The van der Waals surface area contributed by atoms with Gasteiger partial charge in [-0.3, -0.25) is 0 Å². The lowest BCUT2D eigenvalue weighted by atomic mass is 9.70. The Bertz CT molecular complexity index is 2620. The molecule has 306 valence electrons. The van der Waals surface area contributed by atoms with Gasteiger partial charge >= 0.3 is 23.9 Å². The second kappa shape index (κ2) is 16.8. The van der Waals surface area contributed by atoms with Crippen LogP contribution in [0.4, 0.5) is 0 Å². The number of allylic oxidation sites excluding steroid dienone is 4. The summed E-state index contributed by atoms with van der Waals surface area (Å²) < 4.78 is 13.8. The van der Waals surface area contributed by atoms with Crippen LogP contribution in [0.2, 0.25) is 0 Å². The Morgan fingerprint density at radius 1 is 0.403 bits per heavy atom. The largest absolute Gasteiger partial charge is 0.478 e. The Morgan fingerprint density at radius 3 is 1.05 bits per heavy atom. The summed E-state index contributed by atoms with van der Waals surface area (Å²) in [6, 6.07) is 46.2. The number of hydrogen-bond donors (Lipinski definition) is 4. The van der Waals surface area contributed by atoms with E-state index in [0.717, 1.165) is 33.4 Å². The van der Waals surface area contributed by atoms with Crippen molar-refractivity contribution in [1.82, 2.24) is 0 Å². The van der Waals surface area contributed by atoms with Gasteiger partial charge in [0.25, 0.3) is 0 Å². The first-order valence-corrected chi connectivity index (χ1v) is 19.6. The SMILES string of the molecule is O=C(O)c1ccc(OC2(c3ccccc3)C=CC(C3C=CC(Oc4ccc(C(=O)O)c(C(=O)O)c4)(c4ccccc4)C(c4ccccc4)=C3)C=C2c2ccccc2)cc1C(=O)O. The number of rotatable bonds is 13. The first-order chi connectivity index (χ1) is 30.0. The highest BCUT2D eigenvalue weighted by molar-refractivity contribution is 6.03. The quantitative estimate of drug-likeness (QED) is 0.0823. The zero-order valence-electron chi connectivity index (χ0n) is 32.9. The van der Waals surface area contributed by atoms with Gasteiger partial charge in [0.05, 0.1) is 22.3 Å². The summed E-state index contributed by atoms with van der Waals surface area (Å²) in [5.41, 5.74) is 0.527. The van der Waals surface area contributed by atoms with Crippen LogP contribution < -0.4 is 9.47 Å². The minimum absolute atomic E-state index is 0.150. The van der Waals surface area contributed by atoms with E-state index < -0.39 is 46.2 Å². The molecule has 0 saturated heterocycles. The van der Waals surface area contributed by atoms with Crippen molar-refractivity contribution >= 4 is 35.0 Å². The van der Waals surface area contributed by atoms with Crippen molar-refractivity contribution in [3.8, 4) is 11.5 Å². The van der Waals surface area contributed by atoms with Crippen LogP contribution >= 0.6 is 0 Å². The van der Waals surface area contributed by atoms with Crippen LogP contribution in [0.25, 0.3) is 11.1 Å². The fraction of sp³-hybridized carbons (Fsp3) is 0.0769. The molecule has 2 aliphatic carbocycles. The van der Waals surface area contributed by atoms with E-state index >= 15 is 0 Å². The summed E-state index contributed by atoms with van der Waals surface area (Å²) in [6.45, 7) is 0. The highest BCUT2D eigenvalue weighted by atomic mass is 16.5. The predicted molar refractivity (Wildman–Crippen MR) is 232 cm³/mol. The van der Waals surface area contributed by atoms with Crippen LogP contribution in [0, 0.1) is 11.8 Å².